The van der Waals surface area contributed by atoms with E-state index in [-0.39, 0.29) is 12.0 Å². The third-order valence-corrected chi connectivity index (χ3v) is 3.87. The lowest BCUT2D eigenvalue weighted by atomic mass is 9.98. The number of alkyl halides is 1. The normalized spacial score (nSPS) is 22.8. The summed E-state index contributed by atoms with van der Waals surface area (Å²) in [5, 5.41) is 9.12. The molecule has 2 unspecified atom stereocenters. The summed E-state index contributed by atoms with van der Waals surface area (Å²) in [4.78, 5) is 0. The lowest BCUT2D eigenvalue weighted by Gasteiger charge is -2.16. The minimum atomic E-state index is -1.99. The van der Waals surface area contributed by atoms with E-state index in [4.69, 9.17) is 21.2 Å². The summed E-state index contributed by atoms with van der Waals surface area (Å²) >= 11 is 5.35. The molecular formula is C8H15ClO3P+. The molecule has 2 atom stereocenters. The van der Waals surface area contributed by atoms with E-state index < -0.39 is 13.9 Å². The highest BCUT2D eigenvalue weighted by Gasteiger charge is 2.33. The van der Waals surface area contributed by atoms with Crippen molar-refractivity contribution in [3.63, 3.8) is 0 Å². The lowest BCUT2D eigenvalue weighted by Crippen LogP contribution is -2.15. The number of hydrogen-bond acceptors (Lipinski definition) is 3. The molecule has 0 amide bonds. The second-order valence-electron chi connectivity index (χ2n) is 3.29. The van der Waals surface area contributed by atoms with Gasteiger partial charge in [0.25, 0.3) is 5.85 Å². The second kappa shape index (κ2) is 5.92. The first-order chi connectivity index (χ1) is 6.24. The average Bonchev–Trinajstić information content (AvgIpc) is 2.18. The Labute approximate surface area is 84.3 Å². The number of aliphatic hydroxyl groups is 1. The van der Waals surface area contributed by atoms with Crippen LogP contribution < -0.4 is 0 Å². The first-order valence-corrected chi connectivity index (χ1v) is 6.39. The number of rotatable bonds is 4. The summed E-state index contributed by atoms with van der Waals surface area (Å²) in [6.45, 7) is 0. The summed E-state index contributed by atoms with van der Waals surface area (Å²) in [6, 6.07) is 0. The predicted molar refractivity (Wildman–Crippen MR) is 52.3 cm³/mol. The molecule has 1 aliphatic carbocycles. The van der Waals surface area contributed by atoms with Gasteiger partial charge in [-0.05, 0) is 17.4 Å². The minimum Gasteiger partial charge on any atom is -0.348 e. The predicted octanol–water partition coefficient (Wildman–Crippen LogP) is 2.64. The molecular weight excluding hydrogens is 211 g/mol. The van der Waals surface area contributed by atoms with Crippen LogP contribution in [0.5, 0.6) is 0 Å². The van der Waals surface area contributed by atoms with Gasteiger partial charge in [-0.25, -0.2) is 0 Å². The van der Waals surface area contributed by atoms with Crippen molar-refractivity contribution in [3.8, 4) is 0 Å². The van der Waals surface area contributed by atoms with Crippen molar-refractivity contribution in [1.82, 2.24) is 0 Å². The Kier molecular flexibility index (Phi) is 5.18. The molecule has 0 radical (unpaired) electrons. The highest BCUT2D eigenvalue weighted by atomic mass is 35.5. The molecule has 0 saturated heterocycles. The van der Waals surface area contributed by atoms with Gasteiger partial charge in [-0.1, -0.05) is 19.3 Å². The summed E-state index contributed by atoms with van der Waals surface area (Å²) in [6.07, 6.45) is 5.46. The number of aliphatic hydroxyl groups excluding tert-OH is 1. The first-order valence-electron chi connectivity index (χ1n) is 4.61. The van der Waals surface area contributed by atoms with Gasteiger partial charge in [-0.15, -0.1) is 16.1 Å². The van der Waals surface area contributed by atoms with Crippen LogP contribution in [-0.2, 0) is 9.09 Å². The summed E-state index contributed by atoms with van der Waals surface area (Å²) in [7, 11) is -1.99. The Morgan fingerprint density at radius 2 is 2.08 bits per heavy atom. The molecule has 1 fully saturated rings. The fourth-order valence-corrected chi connectivity index (χ4v) is 2.54. The van der Waals surface area contributed by atoms with Crippen molar-refractivity contribution in [2.24, 2.45) is 0 Å². The zero-order chi connectivity index (χ0) is 9.68. The van der Waals surface area contributed by atoms with Gasteiger partial charge in [0.05, 0.1) is 5.88 Å². The maximum Gasteiger partial charge on any atom is 0.541 e. The van der Waals surface area contributed by atoms with Crippen molar-refractivity contribution >= 4 is 19.6 Å². The van der Waals surface area contributed by atoms with Gasteiger partial charge in [-0.3, -0.25) is 0 Å². The lowest BCUT2D eigenvalue weighted by molar-refractivity contribution is 0.147. The summed E-state index contributed by atoms with van der Waals surface area (Å²) < 4.78 is 16.5. The number of hydrogen-bond donors (Lipinski definition) is 1. The van der Waals surface area contributed by atoms with Crippen molar-refractivity contribution in [1.29, 1.82) is 0 Å². The van der Waals surface area contributed by atoms with Crippen molar-refractivity contribution < 1.29 is 14.2 Å². The quantitative estimate of drug-likeness (QED) is 0.591. The van der Waals surface area contributed by atoms with Crippen LogP contribution in [0.3, 0.4) is 0 Å². The van der Waals surface area contributed by atoms with E-state index in [1.54, 1.807) is 0 Å². The average molecular weight is 226 g/mol. The third-order valence-electron chi connectivity index (χ3n) is 2.19. The van der Waals surface area contributed by atoms with E-state index in [1.165, 1.54) is 6.42 Å². The van der Waals surface area contributed by atoms with E-state index in [2.05, 4.69) is 0 Å². The van der Waals surface area contributed by atoms with Crippen LogP contribution in [0.2, 0.25) is 0 Å². The smallest absolute Gasteiger partial charge is 0.348 e. The van der Waals surface area contributed by atoms with Crippen LogP contribution >= 0.6 is 19.6 Å². The van der Waals surface area contributed by atoms with E-state index >= 15 is 0 Å². The molecule has 3 nitrogen and oxygen atoms in total. The van der Waals surface area contributed by atoms with Crippen LogP contribution in [0.4, 0.5) is 0 Å². The molecule has 0 aromatic rings. The van der Waals surface area contributed by atoms with E-state index in [9.17, 15) is 4.57 Å². The topological polar surface area (TPSA) is 46.5 Å². The molecule has 0 aromatic heterocycles. The minimum absolute atomic E-state index is 0.0259. The molecule has 0 bridgehead atoms. The Bertz CT molecular complexity index is 171. The van der Waals surface area contributed by atoms with Crippen LogP contribution in [0, 0.1) is 0 Å². The molecule has 0 aromatic carbocycles. The Morgan fingerprint density at radius 1 is 1.46 bits per heavy atom. The van der Waals surface area contributed by atoms with Crippen LogP contribution in [-0.4, -0.2) is 22.9 Å². The van der Waals surface area contributed by atoms with Crippen LogP contribution in [0.25, 0.3) is 0 Å². The van der Waals surface area contributed by atoms with Gasteiger partial charge >= 0.3 is 8.03 Å². The molecule has 1 N–H and O–H groups in total. The van der Waals surface area contributed by atoms with Gasteiger partial charge < -0.3 is 5.11 Å². The van der Waals surface area contributed by atoms with Crippen molar-refractivity contribution in [3.05, 3.63) is 0 Å². The molecule has 76 valence electrons. The van der Waals surface area contributed by atoms with Gasteiger partial charge in [0, 0.05) is 0 Å². The molecule has 0 spiro atoms. The van der Waals surface area contributed by atoms with E-state index in [1.807, 2.05) is 0 Å². The monoisotopic (exact) mass is 225 g/mol. The van der Waals surface area contributed by atoms with Gasteiger partial charge in [0.15, 0.2) is 0 Å². The molecule has 1 saturated carbocycles. The largest absolute Gasteiger partial charge is 0.541 e. The fraction of sp³-hybridized carbons (Fsp3) is 1.00. The van der Waals surface area contributed by atoms with Crippen molar-refractivity contribution in [2.75, 3.05) is 5.88 Å². The van der Waals surface area contributed by atoms with Gasteiger partial charge in [0.2, 0.25) is 0 Å². The van der Waals surface area contributed by atoms with Crippen molar-refractivity contribution in [2.45, 2.75) is 44.1 Å². The zero-order valence-corrected chi connectivity index (χ0v) is 9.14. The van der Waals surface area contributed by atoms with Crippen LogP contribution in [0.15, 0.2) is 0 Å². The Balaban J connectivity index is 2.26. The highest BCUT2D eigenvalue weighted by Crippen LogP contribution is 2.34. The summed E-state index contributed by atoms with van der Waals surface area (Å²) in [5.41, 5.74) is 0. The highest BCUT2D eigenvalue weighted by molar-refractivity contribution is 7.39. The number of halogens is 1. The Morgan fingerprint density at radius 3 is 2.62 bits per heavy atom. The molecule has 0 heterocycles. The van der Waals surface area contributed by atoms with E-state index in [0.717, 1.165) is 25.7 Å². The molecule has 5 heteroatoms. The maximum atomic E-state index is 11.2. The second-order valence-corrected chi connectivity index (χ2v) is 4.97. The zero-order valence-electron chi connectivity index (χ0n) is 7.49. The first kappa shape index (κ1) is 11.4. The fourth-order valence-electron chi connectivity index (χ4n) is 1.44. The Hall–Kier alpha value is 0.310. The molecule has 1 rings (SSSR count). The van der Waals surface area contributed by atoms with Gasteiger partial charge in [0.1, 0.15) is 6.10 Å². The summed E-state index contributed by atoms with van der Waals surface area (Å²) in [5.74, 6) is -1.04. The maximum absolute atomic E-state index is 11.2. The third kappa shape index (κ3) is 3.90. The molecule has 13 heavy (non-hydrogen) atoms. The van der Waals surface area contributed by atoms with Gasteiger partial charge in [-0.2, -0.15) is 0 Å². The standard InChI is InChI=1S/C8H15ClO3P/c9-6-8(10)13(11)12-7-4-2-1-3-5-7/h7-8,10H,1-6H2/q+1. The van der Waals surface area contributed by atoms with E-state index in [0.29, 0.717) is 0 Å². The molecule has 0 aliphatic heterocycles. The van der Waals surface area contributed by atoms with Crippen LogP contribution in [0.1, 0.15) is 32.1 Å². The SMILES string of the molecule is O=[P+](OC1CCCCC1)C(O)CCl. The molecule has 1 aliphatic rings.